The molecule has 0 N–H and O–H groups in total. The van der Waals surface area contributed by atoms with Crippen LogP contribution in [-0.4, -0.2) is 59.9 Å². The Morgan fingerprint density at radius 2 is 0.947 bits per heavy atom. The Kier molecular flexibility index (Phi) is 14.2. The van der Waals surface area contributed by atoms with E-state index in [9.17, 15) is 19.2 Å². The first-order valence-electron chi connectivity index (χ1n) is 13.4. The van der Waals surface area contributed by atoms with Gasteiger partial charge in [0, 0.05) is 39.0 Å². The van der Waals surface area contributed by atoms with Crippen LogP contribution < -0.4 is 0 Å². The monoisotopic (exact) mass is 524 g/mol. The predicted molar refractivity (Wildman–Crippen MR) is 145 cm³/mol. The first-order valence-corrected chi connectivity index (χ1v) is 13.4. The molecule has 0 aliphatic rings. The number of benzene rings is 2. The summed E-state index contributed by atoms with van der Waals surface area (Å²) in [5, 5.41) is 0. The molecular formula is C30H40N2O6. The summed E-state index contributed by atoms with van der Waals surface area (Å²) in [5.41, 5.74) is 1.97. The highest BCUT2D eigenvalue weighted by atomic mass is 16.5. The van der Waals surface area contributed by atoms with E-state index in [0.29, 0.717) is 39.1 Å². The molecule has 2 aromatic carbocycles. The highest BCUT2D eigenvalue weighted by molar-refractivity contribution is 5.78. The number of unbranched alkanes of at least 4 members (excludes halogenated alkanes) is 1. The van der Waals surface area contributed by atoms with E-state index in [1.807, 2.05) is 60.7 Å². The van der Waals surface area contributed by atoms with E-state index in [1.165, 1.54) is 0 Å². The van der Waals surface area contributed by atoms with Gasteiger partial charge in [-0.25, -0.2) is 0 Å². The molecule has 0 atom stereocenters. The minimum atomic E-state index is -0.328. The van der Waals surface area contributed by atoms with Crippen molar-refractivity contribution in [2.75, 3.05) is 26.3 Å². The Morgan fingerprint density at radius 1 is 0.579 bits per heavy atom. The second-order valence-electron chi connectivity index (χ2n) is 8.92. The first-order chi connectivity index (χ1) is 18.4. The first kappa shape index (κ1) is 30.5. The van der Waals surface area contributed by atoms with Crippen molar-refractivity contribution in [3.05, 3.63) is 71.8 Å². The molecule has 2 rings (SSSR count). The summed E-state index contributed by atoms with van der Waals surface area (Å²) >= 11 is 0. The summed E-state index contributed by atoms with van der Waals surface area (Å²) in [5.74, 6) is -0.779. The van der Waals surface area contributed by atoms with E-state index in [2.05, 4.69) is 0 Å². The van der Waals surface area contributed by atoms with Crippen molar-refractivity contribution in [3.63, 3.8) is 0 Å². The fraction of sp³-hybridized carbons (Fsp3) is 0.467. The number of carbonyl (C=O) groups is 4. The van der Waals surface area contributed by atoms with Crippen LogP contribution in [-0.2, 0) is 41.7 Å². The van der Waals surface area contributed by atoms with Gasteiger partial charge in [0.25, 0.3) is 0 Å². The standard InChI is InChI=1S/C30H40N2O6/c1-3-37-29(35)19-21-31(23-25-13-7-5-8-14-25)27(33)17-11-12-18-28(34)32(22-20-30(36)38-4-2)24-26-15-9-6-10-16-26/h5-10,13-16H,3-4,11-12,17-24H2,1-2H3. The van der Waals surface area contributed by atoms with Crippen molar-refractivity contribution in [2.24, 2.45) is 0 Å². The number of ether oxygens (including phenoxy) is 2. The second kappa shape index (κ2) is 17.7. The molecule has 0 aromatic heterocycles. The highest BCUT2D eigenvalue weighted by Crippen LogP contribution is 2.13. The molecule has 2 amide bonds. The van der Waals surface area contributed by atoms with Crippen molar-refractivity contribution >= 4 is 23.8 Å². The minimum Gasteiger partial charge on any atom is -0.466 e. The number of hydrogen-bond donors (Lipinski definition) is 0. The molecule has 206 valence electrons. The van der Waals surface area contributed by atoms with Crippen LogP contribution in [0.4, 0.5) is 0 Å². The van der Waals surface area contributed by atoms with E-state index in [4.69, 9.17) is 9.47 Å². The highest BCUT2D eigenvalue weighted by Gasteiger charge is 2.18. The molecule has 0 bridgehead atoms. The Balaban J connectivity index is 1.89. The van der Waals surface area contributed by atoms with Gasteiger partial charge in [-0.2, -0.15) is 0 Å². The molecule has 2 aromatic rings. The van der Waals surface area contributed by atoms with E-state index >= 15 is 0 Å². The summed E-state index contributed by atoms with van der Waals surface area (Å²) in [6.45, 7) is 5.51. The number of carbonyl (C=O) groups excluding carboxylic acids is 4. The average Bonchev–Trinajstić information content (AvgIpc) is 2.92. The average molecular weight is 525 g/mol. The SMILES string of the molecule is CCOC(=O)CCN(Cc1ccccc1)C(=O)CCCCC(=O)N(CCC(=O)OCC)Cc1ccccc1. The third-order valence-corrected chi connectivity index (χ3v) is 5.95. The lowest BCUT2D eigenvalue weighted by atomic mass is 10.1. The van der Waals surface area contributed by atoms with Gasteiger partial charge in [0.1, 0.15) is 0 Å². The molecule has 0 aliphatic carbocycles. The van der Waals surface area contributed by atoms with Crippen molar-refractivity contribution in [3.8, 4) is 0 Å². The molecule has 0 saturated carbocycles. The van der Waals surface area contributed by atoms with E-state index in [0.717, 1.165) is 11.1 Å². The van der Waals surface area contributed by atoms with Crippen LogP contribution in [0, 0.1) is 0 Å². The second-order valence-corrected chi connectivity index (χ2v) is 8.92. The van der Waals surface area contributed by atoms with Gasteiger partial charge >= 0.3 is 11.9 Å². The number of hydrogen-bond acceptors (Lipinski definition) is 6. The van der Waals surface area contributed by atoms with E-state index < -0.39 is 0 Å². The number of rotatable bonds is 17. The molecule has 0 heterocycles. The summed E-state index contributed by atoms with van der Waals surface area (Å²) < 4.78 is 10.0. The normalized spacial score (nSPS) is 10.5. The number of esters is 2. The molecule has 0 saturated heterocycles. The van der Waals surface area contributed by atoms with Crippen LogP contribution in [0.5, 0.6) is 0 Å². The lowest BCUT2D eigenvalue weighted by Crippen LogP contribution is -2.33. The van der Waals surface area contributed by atoms with Crippen LogP contribution in [0.1, 0.15) is 63.5 Å². The molecular weight excluding hydrogens is 484 g/mol. The molecule has 0 aliphatic heterocycles. The Hall–Kier alpha value is -3.68. The van der Waals surface area contributed by atoms with Gasteiger partial charge in [0.2, 0.25) is 11.8 Å². The van der Waals surface area contributed by atoms with Crippen molar-refractivity contribution < 1.29 is 28.7 Å². The van der Waals surface area contributed by atoms with Crippen molar-refractivity contribution in [2.45, 2.75) is 65.5 Å². The van der Waals surface area contributed by atoms with Gasteiger partial charge in [-0.15, -0.1) is 0 Å². The summed E-state index contributed by atoms with van der Waals surface area (Å²) in [7, 11) is 0. The van der Waals surface area contributed by atoms with Crippen LogP contribution in [0.3, 0.4) is 0 Å². The molecule has 8 heteroatoms. The smallest absolute Gasteiger partial charge is 0.307 e. The van der Waals surface area contributed by atoms with Crippen LogP contribution in [0.25, 0.3) is 0 Å². The van der Waals surface area contributed by atoms with E-state index in [1.54, 1.807) is 23.6 Å². The zero-order valence-electron chi connectivity index (χ0n) is 22.6. The molecule has 8 nitrogen and oxygen atoms in total. The Morgan fingerprint density at radius 3 is 1.29 bits per heavy atom. The van der Waals surface area contributed by atoms with Crippen molar-refractivity contribution in [1.29, 1.82) is 0 Å². The summed E-state index contributed by atoms with van der Waals surface area (Å²) in [6.07, 6.45) is 1.94. The molecule has 0 spiro atoms. The fourth-order valence-corrected chi connectivity index (χ4v) is 3.98. The van der Waals surface area contributed by atoms with Crippen LogP contribution >= 0.6 is 0 Å². The molecule has 0 fully saturated rings. The third-order valence-electron chi connectivity index (χ3n) is 5.95. The van der Waals surface area contributed by atoms with Crippen LogP contribution in [0.2, 0.25) is 0 Å². The molecule has 0 radical (unpaired) electrons. The quantitative estimate of drug-likeness (QED) is 0.223. The maximum Gasteiger partial charge on any atom is 0.307 e. The van der Waals surface area contributed by atoms with E-state index in [-0.39, 0.29) is 62.5 Å². The zero-order valence-corrected chi connectivity index (χ0v) is 22.6. The summed E-state index contributed by atoms with van der Waals surface area (Å²) in [6, 6.07) is 19.3. The van der Waals surface area contributed by atoms with Gasteiger partial charge in [0.15, 0.2) is 0 Å². The Labute approximate surface area is 225 Å². The maximum atomic E-state index is 13.0. The fourth-order valence-electron chi connectivity index (χ4n) is 3.98. The maximum absolute atomic E-state index is 13.0. The Bertz CT molecular complexity index is 915. The van der Waals surface area contributed by atoms with Gasteiger partial charge in [-0.05, 0) is 37.8 Å². The lowest BCUT2D eigenvalue weighted by molar-refractivity contribution is -0.145. The van der Waals surface area contributed by atoms with Gasteiger partial charge in [0.05, 0.1) is 26.1 Å². The lowest BCUT2D eigenvalue weighted by Gasteiger charge is -2.24. The van der Waals surface area contributed by atoms with Crippen LogP contribution in [0.15, 0.2) is 60.7 Å². The zero-order chi connectivity index (χ0) is 27.6. The third kappa shape index (κ3) is 12.0. The predicted octanol–water partition coefficient (Wildman–Crippen LogP) is 4.51. The topological polar surface area (TPSA) is 93.2 Å². The van der Waals surface area contributed by atoms with Gasteiger partial charge < -0.3 is 19.3 Å². The van der Waals surface area contributed by atoms with Gasteiger partial charge in [-0.3, -0.25) is 19.2 Å². The largest absolute Gasteiger partial charge is 0.466 e. The number of amides is 2. The number of nitrogens with zero attached hydrogens (tertiary/aromatic N) is 2. The molecule has 0 unspecified atom stereocenters. The van der Waals surface area contributed by atoms with Gasteiger partial charge in [-0.1, -0.05) is 60.7 Å². The molecule has 38 heavy (non-hydrogen) atoms. The minimum absolute atomic E-state index is 0.0611. The summed E-state index contributed by atoms with van der Waals surface area (Å²) in [4.78, 5) is 53.1. The van der Waals surface area contributed by atoms with Crippen molar-refractivity contribution in [1.82, 2.24) is 9.80 Å².